The third kappa shape index (κ3) is 17600. The van der Waals surface area contributed by atoms with E-state index in [1.54, 1.807) is 0 Å². The molecule has 0 unspecified atom stereocenters. The number of hydrogen-bond donors (Lipinski definition) is 2. The van der Waals surface area contributed by atoms with E-state index >= 15 is 0 Å². The molecule has 0 saturated carbocycles. The van der Waals surface area contributed by atoms with Gasteiger partial charge in [-0.15, -0.1) is 0 Å². The summed E-state index contributed by atoms with van der Waals surface area (Å²) in [5.41, 5.74) is 0. The fraction of sp³-hybridized carbons (Fsp3) is 1.00. The predicted molar refractivity (Wildman–Crippen MR) is 35.0 cm³/mol. The van der Waals surface area contributed by atoms with Crippen molar-refractivity contribution in [3.8, 4) is 0 Å². The van der Waals surface area contributed by atoms with Gasteiger partial charge in [-0.25, -0.2) is 13.6 Å². The van der Waals surface area contributed by atoms with Crippen molar-refractivity contribution < 1.29 is 8.42 Å². The lowest BCUT2D eigenvalue weighted by molar-refractivity contribution is 0.616. The molecule has 0 rings (SSSR count). The Morgan fingerprint density at radius 1 is 1.25 bits per heavy atom. The highest BCUT2D eigenvalue weighted by molar-refractivity contribution is 7.69. The highest BCUT2D eigenvalue weighted by Crippen LogP contribution is 1.81. The number of hydrogen-bond acceptors (Lipinski definition) is 2. The largest absolute Gasteiger partial charge is 0.231 e. The van der Waals surface area contributed by atoms with Crippen LogP contribution in [0.2, 0.25) is 0 Å². The molecule has 0 fully saturated rings. The predicted octanol–water partition coefficient (Wildman–Crippen LogP) is 0.134. The maximum atomic E-state index is 8.81. The van der Waals surface area contributed by atoms with Crippen molar-refractivity contribution in [1.29, 1.82) is 0 Å². The lowest BCUT2D eigenvalue weighted by Gasteiger charge is -1.79. The average Bonchev–Trinajstić information content (AvgIpc) is 1.25. The summed E-state index contributed by atoms with van der Waals surface area (Å²) in [6.07, 6.45) is 0. The van der Waals surface area contributed by atoms with Gasteiger partial charge >= 0.3 is 0 Å². The molecule has 0 aliphatic rings. The van der Waals surface area contributed by atoms with Gasteiger partial charge in [-0.05, 0) is 5.92 Å². The molecule has 0 bridgehead atoms. The van der Waals surface area contributed by atoms with E-state index in [1.807, 2.05) is 0 Å². The molecule has 0 aliphatic heterocycles. The van der Waals surface area contributed by atoms with Crippen molar-refractivity contribution in [3.63, 3.8) is 0 Å². The van der Waals surface area contributed by atoms with Gasteiger partial charge in [0.1, 0.15) is 0 Å². The molecule has 0 atom stereocenters. The van der Waals surface area contributed by atoms with Crippen LogP contribution in [-0.2, 0) is 10.9 Å². The van der Waals surface area contributed by atoms with Gasteiger partial charge in [0.2, 0.25) is 0 Å². The molecule has 0 aromatic rings. The smallest absolute Gasteiger partial charge is 0.198 e. The molecule has 0 amide bonds. The van der Waals surface area contributed by atoms with Crippen molar-refractivity contribution >= 4 is 10.9 Å². The molecule has 0 aromatic heterocycles. The van der Waals surface area contributed by atoms with E-state index in [4.69, 9.17) is 8.42 Å². The first-order valence-corrected chi connectivity index (χ1v) is 3.60. The van der Waals surface area contributed by atoms with Gasteiger partial charge in [-0.3, -0.25) is 0 Å². The normalized spacial score (nSPS) is 8.75. The van der Waals surface area contributed by atoms with Crippen molar-refractivity contribution in [2.24, 2.45) is 11.1 Å². The van der Waals surface area contributed by atoms with Gasteiger partial charge in [0, 0.05) is 0 Å². The first kappa shape index (κ1) is 10.8. The first-order chi connectivity index (χ1) is 3.46. The zero-order chi connectivity index (χ0) is 7.15. The summed E-state index contributed by atoms with van der Waals surface area (Å²) in [7, 11) is -2.62. The molecular weight excluding hydrogens is 126 g/mol. The van der Waals surface area contributed by atoms with E-state index in [-0.39, 0.29) is 0 Å². The van der Waals surface area contributed by atoms with Gasteiger partial charge in [-0.2, -0.15) is 0 Å². The van der Waals surface area contributed by atoms with Crippen molar-refractivity contribution in [3.05, 3.63) is 0 Å². The zero-order valence-electron chi connectivity index (χ0n) is 5.42. The highest BCUT2D eigenvalue weighted by Gasteiger charge is 1.68. The Labute approximate surface area is 52.0 Å². The van der Waals surface area contributed by atoms with Crippen LogP contribution in [0.4, 0.5) is 0 Å². The minimum absolute atomic E-state index is 0.833. The number of nitrogens with two attached hydrogens (primary N) is 1. The van der Waals surface area contributed by atoms with E-state index < -0.39 is 10.9 Å². The Balaban J connectivity index is 0. The summed E-state index contributed by atoms with van der Waals surface area (Å²) in [5.74, 6) is 0.833. The van der Waals surface area contributed by atoms with Gasteiger partial charge in [0.15, 0.2) is 10.9 Å². The van der Waals surface area contributed by atoms with Gasteiger partial charge in [-0.1, -0.05) is 20.8 Å². The van der Waals surface area contributed by atoms with E-state index in [2.05, 4.69) is 25.9 Å². The highest BCUT2D eigenvalue weighted by atomic mass is 32.2. The summed E-state index contributed by atoms with van der Waals surface area (Å²) in [6, 6.07) is 0. The quantitative estimate of drug-likeness (QED) is 0.469. The maximum absolute atomic E-state index is 8.81. The van der Waals surface area contributed by atoms with Crippen LogP contribution in [0.15, 0.2) is 0 Å². The molecule has 52 valence electrons. The Bertz CT molecular complexity index is 87.5. The number of rotatable bonds is 0. The third-order valence-electron chi connectivity index (χ3n) is 0. The molecule has 0 aliphatic carbocycles. The van der Waals surface area contributed by atoms with Crippen LogP contribution in [0.1, 0.15) is 20.8 Å². The second-order valence-electron chi connectivity index (χ2n) is 2.02. The van der Waals surface area contributed by atoms with Crippen molar-refractivity contribution in [2.75, 3.05) is 0 Å². The Kier molecular flexibility index (Phi) is 9.34. The zero-order valence-corrected chi connectivity index (χ0v) is 6.31. The molecule has 0 spiro atoms. The molecule has 4 heteroatoms. The summed E-state index contributed by atoms with van der Waals surface area (Å²) < 4.78 is 17.6. The number of thiol groups is 1. The Morgan fingerprint density at radius 2 is 1.25 bits per heavy atom. The van der Waals surface area contributed by atoms with Crippen molar-refractivity contribution in [1.82, 2.24) is 0 Å². The standard InChI is InChI=1S/C4H10.H3NO2S/c2*1-4(2)3/h4H,1-3H3;4H,(H2,1,2,3). The second kappa shape index (κ2) is 6.91. The average molecular weight is 139 g/mol. The van der Waals surface area contributed by atoms with E-state index in [9.17, 15) is 0 Å². The molecule has 0 aromatic carbocycles. The van der Waals surface area contributed by atoms with E-state index in [1.165, 1.54) is 0 Å². The van der Waals surface area contributed by atoms with Crippen LogP contribution in [0.3, 0.4) is 0 Å². The van der Waals surface area contributed by atoms with Crippen LogP contribution in [0.5, 0.6) is 0 Å². The van der Waals surface area contributed by atoms with Crippen LogP contribution in [0, 0.1) is 5.92 Å². The molecule has 2 N–H and O–H groups in total. The van der Waals surface area contributed by atoms with Gasteiger partial charge in [0.05, 0.1) is 0 Å². The maximum Gasteiger partial charge on any atom is 0.198 e. The minimum Gasteiger partial charge on any atom is -0.231 e. The van der Waals surface area contributed by atoms with Gasteiger partial charge in [0.25, 0.3) is 0 Å². The minimum atomic E-state index is -2.62. The monoisotopic (exact) mass is 139 g/mol. The van der Waals surface area contributed by atoms with E-state index in [0.29, 0.717) is 0 Å². The Morgan fingerprint density at radius 3 is 1.25 bits per heavy atom. The third-order valence-corrected chi connectivity index (χ3v) is 0. The molecule has 0 saturated heterocycles. The summed E-state index contributed by atoms with van der Waals surface area (Å²) >= 11 is 0. The molecule has 0 heterocycles. The fourth-order valence-corrected chi connectivity index (χ4v) is 0. The summed E-state index contributed by atoms with van der Waals surface area (Å²) in [4.78, 5) is 0. The van der Waals surface area contributed by atoms with Gasteiger partial charge < -0.3 is 0 Å². The lowest BCUT2D eigenvalue weighted by Crippen LogP contribution is -1.85. The lowest BCUT2D eigenvalue weighted by atomic mass is 10.3. The van der Waals surface area contributed by atoms with Crippen LogP contribution in [0.25, 0.3) is 0 Å². The summed E-state index contributed by atoms with van der Waals surface area (Å²) in [6.45, 7) is 6.50. The Hall–Kier alpha value is -0.0900. The molecule has 3 nitrogen and oxygen atoms in total. The van der Waals surface area contributed by atoms with Crippen LogP contribution >= 0.6 is 0 Å². The van der Waals surface area contributed by atoms with Crippen LogP contribution < -0.4 is 5.14 Å². The van der Waals surface area contributed by atoms with Crippen LogP contribution in [-0.4, -0.2) is 8.42 Å². The molecule has 8 heavy (non-hydrogen) atoms. The first-order valence-electron chi connectivity index (χ1n) is 2.36. The van der Waals surface area contributed by atoms with E-state index in [0.717, 1.165) is 5.92 Å². The topological polar surface area (TPSA) is 60.2 Å². The molecule has 0 radical (unpaired) electrons. The summed E-state index contributed by atoms with van der Waals surface area (Å²) in [5, 5.41) is 4.06. The molecular formula is C4H13NO2S. The fourth-order valence-electron chi connectivity index (χ4n) is 0. The SMILES string of the molecule is CC(C)C.N[SH](=O)=O. The second-order valence-corrected chi connectivity index (χ2v) is 2.59. The van der Waals surface area contributed by atoms with Crippen molar-refractivity contribution in [2.45, 2.75) is 20.8 Å².